The molecule has 7 nitrogen and oxygen atoms in total. The summed E-state index contributed by atoms with van der Waals surface area (Å²) in [6.45, 7) is 8.62. The number of rotatable bonds is 6. The summed E-state index contributed by atoms with van der Waals surface area (Å²) in [7, 11) is 0. The first-order chi connectivity index (χ1) is 13.4. The molecule has 1 fully saturated rings. The van der Waals surface area contributed by atoms with E-state index in [2.05, 4.69) is 0 Å². The number of aliphatic hydroxyl groups excluding tert-OH is 1. The Balaban J connectivity index is 1.84. The van der Waals surface area contributed by atoms with Gasteiger partial charge in [-0.3, -0.25) is 13.9 Å². The van der Waals surface area contributed by atoms with E-state index >= 15 is 0 Å². The van der Waals surface area contributed by atoms with E-state index in [1.807, 2.05) is 13.8 Å². The van der Waals surface area contributed by atoms with Crippen LogP contribution in [-0.2, 0) is 30.9 Å². The van der Waals surface area contributed by atoms with Crippen molar-refractivity contribution in [3.05, 3.63) is 31.3 Å². The number of aliphatic hydroxyl groups is 1. The second-order valence-corrected chi connectivity index (χ2v) is 9.67. The lowest BCUT2D eigenvalue weighted by Gasteiger charge is -2.29. The summed E-state index contributed by atoms with van der Waals surface area (Å²) in [5.41, 5.74) is 0.266. The molecule has 2 aliphatic rings. The van der Waals surface area contributed by atoms with E-state index in [0.717, 1.165) is 34.9 Å². The van der Waals surface area contributed by atoms with Crippen LogP contribution in [0.15, 0.2) is 9.59 Å². The van der Waals surface area contributed by atoms with Gasteiger partial charge >= 0.3 is 5.69 Å². The van der Waals surface area contributed by atoms with Gasteiger partial charge in [0.25, 0.3) is 5.56 Å². The molecule has 2 aromatic heterocycles. The lowest BCUT2D eigenvalue weighted by molar-refractivity contribution is -0.888. The van der Waals surface area contributed by atoms with Crippen LogP contribution >= 0.6 is 11.3 Å². The molecule has 0 aromatic carbocycles. The van der Waals surface area contributed by atoms with Crippen molar-refractivity contribution in [2.24, 2.45) is 0 Å². The fourth-order valence-corrected chi connectivity index (χ4v) is 5.66. The van der Waals surface area contributed by atoms with Crippen LogP contribution < -0.4 is 16.1 Å². The monoisotopic (exact) mass is 408 g/mol. The van der Waals surface area contributed by atoms with Gasteiger partial charge in [0.05, 0.1) is 43.8 Å². The molecular formula is C20H30N3O4S+. The van der Waals surface area contributed by atoms with Gasteiger partial charge in [0.2, 0.25) is 0 Å². The van der Waals surface area contributed by atoms with E-state index < -0.39 is 0 Å². The summed E-state index contributed by atoms with van der Waals surface area (Å²) in [4.78, 5) is 29.8. The maximum absolute atomic E-state index is 13.2. The Hall–Kier alpha value is -1.48. The third-order valence-corrected chi connectivity index (χ3v) is 7.20. The maximum atomic E-state index is 13.2. The number of nitrogens with one attached hydrogen (secondary N) is 1. The van der Waals surface area contributed by atoms with Crippen molar-refractivity contribution in [1.82, 2.24) is 9.13 Å². The van der Waals surface area contributed by atoms with Crippen molar-refractivity contribution in [2.75, 3.05) is 26.2 Å². The van der Waals surface area contributed by atoms with Crippen LogP contribution in [0.5, 0.6) is 0 Å². The predicted octanol–water partition coefficient (Wildman–Crippen LogP) is 0.137. The number of hydrogen-bond donors (Lipinski definition) is 2. The molecule has 1 saturated heterocycles. The molecule has 0 bridgehead atoms. The zero-order valence-electron chi connectivity index (χ0n) is 16.8. The number of fused-ring (bicyclic) bond motifs is 3. The predicted molar refractivity (Wildman–Crippen MR) is 109 cm³/mol. The molecule has 0 unspecified atom stereocenters. The summed E-state index contributed by atoms with van der Waals surface area (Å²) >= 11 is 1.54. The molecule has 2 aromatic rings. The summed E-state index contributed by atoms with van der Waals surface area (Å²) in [5, 5.41) is 9.90. The Kier molecular flexibility index (Phi) is 5.48. The molecule has 154 valence electrons. The Labute approximate surface area is 168 Å². The van der Waals surface area contributed by atoms with Gasteiger partial charge in [-0.2, -0.15) is 0 Å². The first kappa shape index (κ1) is 19.8. The van der Waals surface area contributed by atoms with Crippen molar-refractivity contribution in [3.63, 3.8) is 0 Å². The van der Waals surface area contributed by atoms with Gasteiger partial charge in [-0.05, 0) is 25.8 Å². The molecule has 2 N–H and O–H groups in total. The van der Waals surface area contributed by atoms with E-state index in [4.69, 9.17) is 4.74 Å². The number of ether oxygens (including phenoxy) is 1. The normalized spacial score (nSPS) is 19.4. The average Bonchev–Trinajstić information content (AvgIpc) is 3.28. The number of nitrogens with zero attached hydrogens (tertiary/aromatic N) is 2. The number of hydrogen-bond acceptors (Lipinski definition) is 5. The molecule has 0 amide bonds. The first-order valence-electron chi connectivity index (χ1n) is 10.3. The van der Waals surface area contributed by atoms with E-state index in [1.54, 1.807) is 4.57 Å². The van der Waals surface area contributed by atoms with Crippen molar-refractivity contribution in [3.8, 4) is 0 Å². The highest BCUT2D eigenvalue weighted by molar-refractivity contribution is 7.18. The van der Waals surface area contributed by atoms with Crippen molar-refractivity contribution < 1.29 is 14.7 Å². The zero-order chi connectivity index (χ0) is 19.9. The topological polar surface area (TPSA) is 77.9 Å². The molecular weight excluding hydrogens is 378 g/mol. The van der Waals surface area contributed by atoms with Crippen molar-refractivity contribution in [2.45, 2.75) is 64.8 Å². The zero-order valence-corrected chi connectivity index (χ0v) is 17.6. The smallest absolute Gasteiger partial charge is 0.332 e. The Morgan fingerprint density at radius 2 is 1.93 bits per heavy atom. The maximum Gasteiger partial charge on any atom is 0.332 e. The fraction of sp³-hybridized carbons (Fsp3) is 0.700. The van der Waals surface area contributed by atoms with Crippen LogP contribution in [0.25, 0.3) is 10.2 Å². The molecule has 4 rings (SSSR count). The Bertz CT molecular complexity index is 982. The minimum absolute atomic E-state index is 0.0372. The largest absolute Gasteiger partial charge is 0.396 e. The van der Waals surface area contributed by atoms with Gasteiger partial charge in [0, 0.05) is 37.3 Å². The highest BCUT2D eigenvalue weighted by Crippen LogP contribution is 2.37. The third kappa shape index (κ3) is 3.58. The van der Waals surface area contributed by atoms with Gasteiger partial charge in [-0.1, -0.05) is 0 Å². The van der Waals surface area contributed by atoms with Crippen molar-refractivity contribution >= 4 is 21.6 Å². The highest BCUT2D eigenvalue weighted by Gasteiger charge is 2.32. The summed E-state index contributed by atoms with van der Waals surface area (Å²) < 4.78 is 9.07. The lowest BCUT2D eigenvalue weighted by Crippen LogP contribution is -3.10. The molecule has 0 atom stereocenters. The SMILES string of the molecule is CC1(C)Cc2c(sc3c2c(=O)n(CCCO)c(=O)n3CC[NH+]2CCCC2)CO1. The fourth-order valence-electron chi connectivity index (χ4n) is 4.42. The van der Waals surface area contributed by atoms with E-state index in [-0.39, 0.29) is 30.0 Å². The quantitative estimate of drug-likeness (QED) is 0.713. The van der Waals surface area contributed by atoms with E-state index in [1.165, 1.54) is 33.6 Å². The summed E-state index contributed by atoms with van der Waals surface area (Å²) in [5.74, 6) is 0. The third-order valence-electron chi connectivity index (χ3n) is 5.97. The van der Waals surface area contributed by atoms with Gasteiger partial charge in [0.15, 0.2) is 0 Å². The number of aromatic nitrogens is 2. The van der Waals surface area contributed by atoms with E-state index in [0.29, 0.717) is 31.4 Å². The number of likely N-dealkylation sites (tertiary alicyclic amines) is 1. The second kappa shape index (κ2) is 7.74. The molecule has 8 heteroatoms. The van der Waals surface area contributed by atoms with E-state index in [9.17, 15) is 14.7 Å². The lowest BCUT2D eigenvalue weighted by atomic mass is 9.94. The summed E-state index contributed by atoms with van der Waals surface area (Å²) in [6.07, 6.45) is 3.57. The molecule has 0 saturated carbocycles. The molecule has 0 spiro atoms. The van der Waals surface area contributed by atoms with Crippen LogP contribution in [0.3, 0.4) is 0 Å². The standard InChI is InChI=1S/C20H29N3O4S/c1-20(2)12-14-15(13-27-20)28-18-16(14)17(25)22(8-5-11-24)19(26)23(18)10-9-21-6-3-4-7-21/h24H,3-13H2,1-2H3/p+1. The molecule has 0 radical (unpaired) electrons. The molecule has 2 aliphatic heterocycles. The van der Waals surface area contributed by atoms with Crippen LogP contribution in [0.2, 0.25) is 0 Å². The highest BCUT2D eigenvalue weighted by atomic mass is 32.1. The summed E-state index contributed by atoms with van der Waals surface area (Å²) in [6, 6.07) is 0. The van der Waals surface area contributed by atoms with Gasteiger partial charge < -0.3 is 14.7 Å². The number of thiophene rings is 1. The Morgan fingerprint density at radius 1 is 1.18 bits per heavy atom. The average molecular weight is 409 g/mol. The van der Waals surface area contributed by atoms with Gasteiger partial charge in [-0.25, -0.2) is 4.79 Å². The van der Waals surface area contributed by atoms with Crippen LogP contribution in [0.4, 0.5) is 0 Å². The van der Waals surface area contributed by atoms with Crippen LogP contribution in [-0.4, -0.2) is 46.1 Å². The van der Waals surface area contributed by atoms with Crippen LogP contribution in [0.1, 0.15) is 43.6 Å². The number of quaternary nitrogens is 1. The first-order valence-corrected chi connectivity index (χ1v) is 11.1. The van der Waals surface area contributed by atoms with Gasteiger partial charge in [0.1, 0.15) is 4.83 Å². The minimum atomic E-state index is -0.315. The molecule has 28 heavy (non-hydrogen) atoms. The molecule has 0 aliphatic carbocycles. The molecule has 4 heterocycles. The minimum Gasteiger partial charge on any atom is -0.396 e. The second-order valence-electron chi connectivity index (χ2n) is 8.58. The van der Waals surface area contributed by atoms with Crippen molar-refractivity contribution in [1.29, 1.82) is 0 Å². The van der Waals surface area contributed by atoms with Gasteiger partial charge in [-0.15, -0.1) is 11.3 Å². The van der Waals surface area contributed by atoms with Crippen LogP contribution in [0, 0.1) is 0 Å². The Morgan fingerprint density at radius 3 is 2.64 bits per heavy atom.